The zero-order valence-corrected chi connectivity index (χ0v) is 20.4. The van der Waals surface area contributed by atoms with Gasteiger partial charge in [-0.25, -0.2) is 13.8 Å². The summed E-state index contributed by atoms with van der Waals surface area (Å²) in [6.07, 6.45) is -0.980. The number of non-ortho nitro benzene ring substituents is 1. The first kappa shape index (κ1) is 27.1. The molecule has 0 saturated heterocycles. The predicted octanol–water partition coefficient (Wildman–Crippen LogP) is 3.37. The highest BCUT2D eigenvalue weighted by Crippen LogP contribution is 2.28. The number of benzene rings is 1. The van der Waals surface area contributed by atoms with E-state index in [0.717, 1.165) is 0 Å². The lowest BCUT2D eigenvalue weighted by atomic mass is 9.92. The number of hydrogen-bond acceptors (Lipinski definition) is 8. The Balaban J connectivity index is 1.67. The Bertz CT molecular complexity index is 1070. The molecule has 0 aromatic heterocycles. The quantitative estimate of drug-likeness (QED) is 0.144. The van der Waals surface area contributed by atoms with E-state index < -0.39 is 37.7 Å². The van der Waals surface area contributed by atoms with E-state index in [0.29, 0.717) is 0 Å². The standard InChI is InChI=1S/C22H29N3O8S/c1-21(2)9-10-22(3,4)16-34(30,15-21)24-19(26)23-11-12-31-13-14-32-20(27)33-18-7-5-17(6-8-18)25(28)29/h5-8H,11-16H2,1-4H3,(H,23,26). The second-order valence-electron chi connectivity index (χ2n) is 8.97. The van der Waals surface area contributed by atoms with Crippen LogP contribution in [-0.4, -0.2) is 59.2 Å². The number of carbonyl (C=O) groups excluding carboxylic acids is 2. The number of ether oxygens (including phenoxy) is 3. The molecule has 0 atom stereocenters. The molecule has 0 bridgehead atoms. The van der Waals surface area contributed by atoms with Gasteiger partial charge in [0.2, 0.25) is 0 Å². The van der Waals surface area contributed by atoms with Gasteiger partial charge in [-0.3, -0.25) is 10.1 Å². The van der Waals surface area contributed by atoms with Gasteiger partial charge in [0.15, 0.2) is 0 Å². The largest absolute Gasteiger partial charge is 0.513 e. The van der Waals surface area contributed by atoms with Crippen LogP contribution in [0, 0.1) is 32.8 Å². The molecule has 1 aliphatic rings. The predicted molar refractivity (Wildman–Crippen MR) is 125 cm³/mol. The Hall–Kier alpha value is -3.17. The molecule has 2 amide bonds. The van der Waals surface area contributed by atoms with Crippen molar-refractivity contribution in [2.45, 2.75) is 27.7 Å². The average Bonchev–Trinajstić information content (AvgIpc) is 2.79. The van der Waals surface area contributed by atoms with Crippen molar-refractivity contribution in [3.05, 3.63) is 34.4 Å². The maximum absolute atomic E-state index is 13.3. The van der Waals surface area contributed by atoms with Crippen LogP contribution in [0.15, 0.2) is 28.6 Å². The third kappa shape index (κ3) is 9.36. The molecule has 0 fully saturated rings. The van der Waals surface area contributed by atoms with E-state index >= 15 is 0 Å². The maximum Gasteiger partial charge on any atom is 0.513 e. The Morgan fingerprint density at radius 3 is 2.24 bits per heavy atom. The van der Waals surface area contributed by atoms with Crippen molar-refractivity contribution in [2.24, 2.45) is 15.2 Å². The molecule has 0 radical (unpaired) electrons. The second kappa shape index (κ2) is 11.3. The minimum atomic E-state index is -2.79. The van der Waals surface area contributed by atoms with Crippen LogP contribution < -0.4 is 10.1 Å². The van der Waals surface area contributed by atoms with Crippen molar-refractivity contribution in [3.8, 4) is 17.6 Å². The summed E-state index contributed by atoms with van der Waals surface area (Å²) in [5.74, 6) is 6.79. The van der Waals surface area contributed by atoms with Gasteiger partial charge in [-0.15, -0.1) is 4.36 Å². The molecule has 1 N–H and O–H groups in total. The SMILES string of the molecule is CC1(C)C#CC(C)(C)CS(=O)(=NC(=O)NCCOCCOC(=O)Oc2ccc([N+](=O)[O-])cc2)C1. The summed E-state index contributed by atoms with van der Waals surface area (Å²) in [6.45, 7) is 7.75. The molecule has 34 heavy (non-hydrogen) atoms. The number of carbonyl (C=O) groups is 2. The smallest absolute Gasteiger partial charge is 0.432 e. The van der Waals surface area contributed by atoms with E-state index in [4.69, 9.17) is 14.2 Å². The summed E-state index contributed by atoms with van der Waals surface area (Å²) in [6, 6.07) is 4.29. The lowest BCUT2D eigenvalue weighted by molar-refractivity contribution is -0.384. The second-order valence-corrected chi connectivity index (χ2v) is 11.3. The number of amides is 2. The van der Waals surface area contributed by atoms with E-state index in [1.807, 2.05) is 27.7 Å². The van der Waals surface area contributed by atoms with Gasteiger partial charge in [0.05, 0.1) is 27.9 Å². The number of nitro benzene ring substituents is 1. The van der Waals surface area contributed by atoms with Crippen LogP contribution in [0.5, 0.6) is 5.75 Å². The van der Waals surface area contributed by atoms with Crippen LogP contribution in [0.25, 0.3) is 0 Å². The van der Waals surface area contributed by atoms with Gasteiger partial charge in [-0.1, -0.05) is 11.8 Å². The van der Waals surface area contributed by atoms with Crippen LogP contribution in [0.3, 0.4) is 0 Å². The molecule has 12 heteroatoms. The van der Waals surface area contributed by atoms with Gasteiger partial charge >= 0.3 is 12.2 Å². The molecule has 0 saturated carbocycles. The lowest BCUT2D eigenvalue weighted by Gasteiger charge is -2.21. The van der Waals surface area contributed by atoms with Crippen molar-refractivity contribution >= 4 is 27.6 Å². The zero-order chi connectivity index (χ0) is 25.4. The van der Waals surface area contributed by atoms with E-state index in [1.54, 1.807) is 0 Å². The normalized spacial score (nSPS) is 17.3. The molecule has 186 valence electrons. The molecular weight excluding hydrogens is 466 g/mol. The first-order valence-corrected chi connectivity index (χ1v) is 12.4. The topological polar surface area (TPSA) is 146 Å². The van der Waals surface area contributed by atoms with Gasteiger partial charge in [0.1, 0.15) is 12.4 Å². The summed E-state index contributed by atoms with van der Waals surface area (Å²) in [7, 11) is -2.79. The van der Waals surface area contributed by atoms with Crippen molar-refractivity contribution < 1.29 is 32.9 Å². The van der Waals surface area contributed by atoms with Gasteiger partial charge in [-0.2, -0.15) is 0 Å². The summed E-state index contributed by atoms with van der Waals surface area (Å²) < 4.78 is 32.2. The van der Waals surface area contributed by atoms with Crippen molar-refractivity contribution in [1.82, 2.24) is 5.32 Å². The van der Waals surface area contributed by atoms with Gasteiger partial charge in [-0.05, 0) is 39.8 Å². The minimum Gasteiger partial charge on any atom is -0.432 e. The maximum atomic E-state index is 13.3. The molecule has 0 spiro atoms. The molecule has 1 aromatic rings. The van der Waals surface area contributed by atoms with Gasteiger partial charge in [0.25, 0.3) is 5.69 Å². The highest BCUT2D eigenvalue weighted by molar-refractivity contribution is 7.94. The van der Waals surface area contributed by atoms with Gasteiger partial charge in [0, 0.05) is 41.0 Å². The monoisotopic (exact) mass is 495 g/mol. The molecule has 11 nitrogen and oxygen atoms in total. The Morgan fingerprint density at radius 1 is 1.09 bits per heavy atom. The Kier molecular flexibility index (Phi) is 9.00. The summed E-state index contributed by atoms with van der Waals surface area (Å²) >= 11 is 0. The fourth-order valence-corrected chi connectivity index (χ4v) is 6.11. The number of nitrogens with zero attached hydrogens (tertiary/aromatic N) is 2. The zero-order valence-electron chi connectivity index (χ0n) is 19.6. The molecular formula is C22H29N3O8S. The molecule has 1 heterocycles. The van der Waals surface area contributed by atoms with E-state index in [1.165, 1.54) is 24.3 Å². The van der Waals surface area contributed by atoms with Crippen LogP contribution >= 0.6 is 0 Å². The van der Waals surface area contributed by atoms with Crippen LogP contribution in [0.1, 0.15) is 27.7 Å². The fraction of sp³-hybridized carbons (Fsp3) is 0.545. The van der Waals surface area contributed by atoms with Crippen molar-refractivity contribution in [3.63, 3.8) is 0 Å². The van der Waals surface area contributed by atoms with Crippen LogP contribution in [0.4, 0.5) is 15.3 Å². The molecule has 1 aliphatic heterocycles. The van der Waals surface area contributed by atoms with Crippen LogP contribution in [-0.2, 0) is 19.2 Å². The third-order valence-electron chi connectivity index (χ3n) is 4.38. The number of nitro groups is 1. The first-order chi connectivity index (χ1) is 15.8. The molecule has 2 rings (SSSR count). The van der Waals surface area contributed by atoms with Crippen LogP contribution in [0.2, 0.25) is 0 Å². The molecule has 0 aliphatic carbocycles. The lowest BCUT2D eigenvalue weighted by Crippen LogP contribution is -2.31. The molecule has 0 unspecified atom stereocenters. The van der Waals surface area contributed by atoms with Gasteiger partial charge < -0.3 is 19.5 Å². The van der Waals surface area contributed by atoms with E-state index in [9.17, 15) is 23.9 Å². The minimum absolute atomic E-state index is 0.0544. The molecule has 1 aromatic carbocycles. The summed E-state index contributed by atoms with van der Waals surface area (Å²) in [5.41, 5.74) is -1.13. The van der Waals surface area contributed by atoms with Crippen molar-refractivity contribution in [2.75, 3.05) is 37.9 Å². The van der Waals surface area contributed by atoms with E-state index in [2.05, 4.69) is 21.5 Å². The Labute approximate surface area is 198 Å². The first-order valence-electron chi connectivity index (χ1n) is 10.5. The number of nitrogens with one attached hydrogen (secondary N) is 1. The highest BCUT2D eigenvalue weighted by atomic mass is 32.2. The Morgan fingerprint density at radius 2 is 1.68 bits per heavy atom. The highest BCUT2D eigenvalue weighted by Gasteiger charge is 2.33. The fourth-order valence-electron chi connectivity index (χ4n) is 3.11. The number of hydrogen-bond donors (Lipinski definition) is 1. The number of urea groups is 1. The van der Waals surface area contributed by atoms with Crippen molar-refractivity contribution in [1.29, 1.82) is 0 Å². The third-order valence-corrected chi connectivity index (χ3v) is 7.22. The average molecular weight is 496 g/mol. The van der Waals surface area contributed by atoms with E-state index in [-0.39, 0.29) is 49.3 Å². The number of rotatable bonds is 8. The summed E-state index contributed by atoms with van der Waals surface area (Å²) in [4.78, 5) is 33.8. The summed E-state index contributed by atoms with van der Waals surface area (Å²) in [5, 5.41) is 13.1.